The average Bonchev–Trinajstić information content (AvgIpc) is 2.81. The van der Waals surface area contributed by atoms with Crippen molar-refractivity contribution in [2.75, 3.05) is 0 Å². The Morgan fingerprint density at radius 2 is 1.41 bits per heavy atom. The molecule has 17 heteroatoms. The molecule has 2 aromatic rings. The van der Waals surface area contributed by atoms with Crippen LogP contribution in [0.1, 0.15) is 22.8 Å². The summed E-state index contributed by atoms with van der Waals surface area (Å²) in [5.74, 6) is -2.94. The highest BCUT2D eigenvalue weighted by Crippen LogP contribution is 2.38. The van der Waals surface area contributed by atoms with Gasteiger partial charge in [-0.1, -0.05) is 31.4 Å². The summed E-state index contributed by atoms with van der Waals surface area (Å²) in [5.41, 5.74) is 0.145. The van der Waals surface area contributed by atoms with Crippen molar-refractivity contribution in [1.82, 2.24) is 0 Å². The molecule has 1 unspecified atom stereocenters. The van der Waals surface area contributed by atoms with E-state index in [1.54, 1.807) is 18.2 Å². The van der Waals surface area contributed by atoms with Crippen LogP contribution in [0.15, 0.2) is 72.2 Å². The van der Waals surface area contributed by atoms with E-state index in [2.05, 4.69) is 17.9 Å². The Morgan fingerprint density at radius 1 is 0.923 bits per heavy atom. The highest BCUT2D eigenvalue weighted by Gasteiger charge is 2.66. The summed E-state index contributed by atoms with van der Waals surface area (Å²) < 4.78 is 132. The maximum absolute atomic E-state index is 13.3. The quantitative estimate of drug-likeness (QED) is 0.146. The molecule has 0 bridgehead atoms. The van der Waals surface area contributed by atoms with Crippen molar-refractivity contribution in [1.29, 1.82) is 0 Å². The molecular weight excluding hydrogens is 583 g/mol. The van der Waals surface area contributed by atoms with Gasteiger partial charge in [-0.05, 0) is 48.9 Å². The fourth-order valence-electron chi connectivity index (χ4n) is 2.27. The molecule has 10 nitrogen and oxygen atoms in total. The molecule has 0 saturated carbocycles. The van der Waals surface area contributed by atoms with Crippen molar-refractivity contribution in [2.24, 2.45) is 0 Å². The van der Waals surface area contributed by atoms with Crippen molar-refractivity contribution in [2.45, 2.75) is 29.4 Å². The van der Waals surface area contributed by atoms with E-state index in [9.17, 15) is 48.4 Å². The lowest BCUT2D eigenvalue weighted by Gasteiger charge is -2.26. The van der Waals surface area contributed by atoms with E-state index in [0.29, 0.717) is 0 Å². The van der Waals surface area contributed by atoms with Gasteiger partial charge in [0.25, 0.3) is 16.2 Å². The average molecular weight is 603 g/mol. The number of carbonyl (C=O) groups is 2. The molecule has 39 heavy (non-hydrogen) atoms. The van der Waals surface area contributed by atoms with E-state index in [4.69, 9.17) is 13.8 Å². The van der Waals surface area contributed by atoms with Crippen LogP contribution in [0, 0.1) is 0 Å². The normalized spacial score (nSPS) is 12.8. The van der Waals surface area contributed by atoms with Gasteiger partial charge in [-0.3, -0.25) is 9.11 Å². The van der Waals surface area contributed by atoms with E-state index in [1.807, 2.05) is 0 Å². The predicted octanol–water partition coefficient (Wildman–Crippen LogP) is 4.31. The molecule has 2 rings (SSSR count). The summed E-state index contributed by atoms with van der Waals surface area (Å²) in [4.78, 5) is 22.8. The number of esters is 2. The highest BCUT2D eigenvalue weighted by molar-refractivity contribution is 7.87. The topological polar surface area (TPSA) is 161 Å². The molecule has 214 valence electrons. The van der Waals surface area contributed by atoms with Gasteiger partial charge in [0.15, 0.2) is 0 Å². The van der Waals surface area contributed by atoms with Crippen molar-refractivity contribution < 1.29 is 67.0 Å². The van der Waals surface area contributed by atoms with Crippen LogP contribution in [-0.2, 0) is 29.8 Å². The summed E-state index contributed by atoms with van der Waals surface area (Å²) in [6, 6.07) is 9.23. The van der Waals surface area contributed by atoms with Crippen LogP contribution in [0.4, 0.5) is 22.0 Å². The Bertz CT molecular complexity index is 1430. The molecule has 0 aromatic heterocycles. The molecule has 0 radical (unpaired) electrons. The van der Waals surface area contributed by atoms with Crippen LogP contribution in [0.2, 0.25) is 0 Å². The second kappa shape index (κ2) is 12.5. The van der Waals surface area contributed by atoms with E-state index in [1.165, 1.54) is 19.1 Å². The summed E-state index contributed by atoms with van der Waals surface area (Å²) in [5, 5.41) is -5.84. The SMILES string of the molecule is C=C(C)C(=O)Oc1ccc(C(=O)OC(C(F)(F)F)C(F)(F)S(=O)(=O)O)cc1.C=Cc1ccc(S(=O)(=O)O)cc1. The number of benzene rings is 2. The minimum atomic E-state index is -6.54. The zero-order chi connectivity index (χ0) is 30.4. The van der Waals surface area contributed by atoms with Gasteiger partial charge in [0, 0.05) is 5.57 Å². The number of rotatable bonds is 8. The number of hydrogen-bond donors (Lipinski definition) is 2. The van der Waals surface area contributed by atoms with E-state index >= 15 is 0 Å². The minimum Gasteiger partial charge on any atom is -0.441 e. The first kappa shape index (κ1) is 33.4. The fraction of sp³-hybridized carbons (Fsp3) is 0.182. The van der Waals surface area contributed by atoms with Gasteiger partial charge < -0.3 is 9.47 Å². The van der Waals surface area contributed by atoms with Crippen LogP contribution in [0.3, 0.4) is 0 Å². The van der Waals surface area contributed by atoms with Crippen molar-refractivity contribution in [3.05, 3.63) is 78.4 Å². The van der Waals surface area contributed by atoms with Crippen molar-refractivity contribution >= 4 is 38.3 Å². The lowest BCUT2D eigenvalue weighted by atomic mass is 10.2. The van der Waals surface area contributed by atoms with E-state index in [-0.39, 0.29) is 16.2 Å². The van der Waals surface area contributed by atoms with Gasteiger partial charge in [-0.25, -0.2) is 9.59 Å². The summed E-state index contributed by atoms with van der Waals surface area (Å²) in [6.07, 6.45) is -8.87. The number of halogens is 5. The maximum atomic E-state index is 13.3. The molecule has 0 amide bonds. The van der Waals surface area contributed by atoms with Crippen LogP contribution < -0.4 is 4.74 Å². The third-order valence-corrected chi connectivity index (χ3v) is 6.00. The van der Waals surface area contributed by atoms with Gasteiger partial charge in [0.05, 0.1) is 10.5 Å². The monoisotopic (exact) mass is 602 g/mol. The second-order valence-corrected chi connectivity index (χ2v) is 10.2. The third kappa shape index (κ3) is 9.54. The molecule has 2 aromatic carbocycles. The van der Waals surface area contributed by atoms with Gasteiger partial charge in [0.1, 0.15) is 5.75 Å². The number of ether oxygens (including phenoxy) is 2. The lowest BCUT2D eigenvalue weighted by molar-refractivity contribution is -0.248. The first-order valence-corrected chi connectivity index (χ1v) is 12.8. The van der Waals surface area contributed by atoms with Crippen LogP contribution in [-0.4, -0.2) is 55.4 Å². The van der Waals surface area contributed by atoms with Gasteiger partial charge in [-0.15, -0.1) is 0 Å². The standard InChI is InChI=1S/C14H11F5O7S.C8H8O3S/c1-7(2)10(20)25-9-5-3-8(4-6-9)11(21)26-12(13(15,16)17)14(18,19)27(22,23)24;1-2-7-3-5-8(6-4-7)12(9,10)11/h3-6,12H,1H2,2H3,(H,22,23,24);2-6H,1H2,(H,9,10,11). The fourth-order valence-corrected chi connectivity index (χ4v) is 3.20. The molecule has 0 aliphatic rings. The highest BCUT2D eigenvalue weighted by atomic mass is 32.2. The van der Waals surface area contributed by atoms with Gasteiger partial charge in [-0.2, -0.15) is 38.8 Å². The first-order chi connectivity index (χ1) is 17.6. The predicted molar refractivity (Wildman–Crippen MR) is 125 cm³/mol. The Hall–Kier alpha value is -3.67. The molecule has 0 fully saturated rings. The molecule has 0 spiro atoms. The zero-order valence-electron chi connectivity index (χ0n) is 19.6. The van der Waals surface area contributed by atoms with E-state index in [0.717, 1.165) is 29.8 Å². The largest absolute Gasteiger partial charge is 0.441 e. The van der Waals surface area contributed by atoms with Crippen molar-refractivity contribution in [3.8, 4) is 5.75 Å². The van der Waals surface area contributed by atoms with Crippen LogP contribution >= 0.6 is 0 Å². The zero-order valence-corrected chi connectivity index (χ0v) is 21.2. The molecule has 0 heterocycles. The molecular formula is C22H19F5O10S2. The molecule has 0 saturated heterocycles. The number of alkyl halides is 5. The number of carbonyl (C=O) groups excluding carboxylic acids is 2. The molecule has 2 N–H and O–H groups in total. The Morgan fingerprint density at radius 3 is 1.77 bits per heavy atom. The lowest BCUT2D eigenvalue weighted by Crippen LogP contribution is -2.52. The minimum absolute atomic E-state index is 0.0268. The third-order valence-electron chi connectivity index (χ3n) is 4.23. The van der Waals surface area contributed by atoms with Crippen LogP contribution in [0.25, 0.3) is 6.08 Å². The Labute approximate surface area is 218 Å². The maximum Gasteiger partial charge on any atom is 0.432 e. The Kier molecular flexibility index (Phi) is 10.7. The number of hydrogen-bond acceptors (Lipinski definition) is 8. The molecule has 0 aliphatic heterocycles. The Balaban J connectivity index is 0.000000525. The van der Waals surface area contributed by atoms with Crippen LogP contribution in [0.5, 0.6) is 5.75 Å². The van der Waals surface area contributed by atoms with Gasteiger partial charge >= 0.3 is 33.5 Å². The first-order valence-electron chi connectivity index (χ1n) is 9.91. The van der Waals surface area contributed by atoms with Crippen molar-refractivity contribution in [3.63, 3.8) is 0 Å². The summed E-state index contributed by atoms with van der Waals surface area (Å²) in [6.45, 7) is 8.14. The molecule has 0 aliphatic carbocycles. The smallest absolute Gasteiger partial charge is 0.432 e. The van der Waals surface area contributed by atoms with Gasteiger partial charge in [0.2, 0.25) is 0 Å². The summed E-state index contributed by atoms with van der Waals surface area (Å²) in [7, 11) is -10.6. The van der Waals surface area contributed by atoms with E-state index < -0.39 is 55.3 Å². The second-order valence-electron chi connectivity index (χ2n) is 7.31. The summed E-state index contributed by atoms with van der Waals surface area (Å²) >= 11 is 0. The molecule has 1 atom stereocenters.